The summed E-state index contributed by atoms with van der Waals surface area (Å²) < 4.78 is 4.19. The lowest BCUT2D eigenvalue weighted by Gasteiger charge is -2.13. The summed E-state index contributed by atoms with van der Waals surface area (Å²) in [6, 6.07) is 7.18. The van der Waals surface area contributed by atoms with Gasteiger partial charge in [0.2, 0.25) is 5.91 Å². The molecule has 1 amide bonds. The van der Waals surface area contributed by atoms with E-state index in [1.165, 1.54) is 17.7 Å². The fraction of sp³-hybridized carbons (Fsp3) is 0.100. The molecule has 0 radical (unpaired) electrons. The molecule has 31 heavy (non-hydrogen) atoms. The van der Waals surface area contributed by atoms with Crippen molar-refractivity contribution in [3.63, 3.8) is 0 Å². The van der Waals surface area contributed by atoms with Crippen molar-refractivity contribution in [1.82, 2.24) is 19.6 Å². The van der Waals surface area contributed by atoms with E-state index in [-0.39, 0.29) is 21.0 Å². The van der Waals surface area contributed by atoms with Crippen molar-refractivity contribution < 1.29 is 9.59 Å². The topological polar surface area (TPSA) is 81.8 Å². The Morgan fingerprint density at radius 2 is 1.97 bits per heavy atom. The highest BCUT2D eigenvalue weighted by Crippen LogP contribution is 2.39. The molecule has 0 fully saturated rings. The summed E-state index contributed by atoms with van der Waals surface area (Å²) in [5.74, 6) is -0.303. The molecular weight excluding hydrogens is 529 g/mol. The Labute approximate surface area is 200 Å². The van der Waals surface area contributed by atoms with Crippen molar-refractivity contribution in [2.75, 3.05) is 5.32 Å². The van der Waals surface area contributed by atoms with Crippen LogP contribution in [-0.4, -0.2) is 31.8 Å². The number of rotatable bonds is 5. The number of aromatic nitrogens is 4. The van der Waals surface area contributed by atoms with Crippen LogP contribution in [0.3, 0.4) is 0 Å². The van der Waals surface area contributed by atoms with Gasteiger partial charge in [-0.25, -0.2) is 4.68 Å². The second-order valence-electron chi connectivity index (χ2n) is 6.71. The standard InChI is InChI=1S/C20H13BrCl3N5O2/c1-10(31)25-16-5-15(22)18(23)20(19(16)24)29-8-13(26-27-29)7-28-6-11(9-30)14-4-12(21)2-3-17(14)28/h2-6,8-9H,7H2,1H3,(H,25,31). The quantitative estimate of drug-likeness (QED) is 0.257. The lowest BCUT2D eigenvalue weighted by Crippen LogP contribution is -2.08. The van der Waals surface area contributed by atoms with Gasteiger partial charge in [0.25, 0.3) is 0 Å². The van der Waals surface area contributed by atoms with Crippen LogP contribution in [0.15, 0.2) is 41.1 Å². The molecule has 2 aromatic heterocycles. The fourth-order valence-electron chi connectivity index (χ4n) is 3.25. The number of anilines is 1. The summed E-state index contributed by atoms with van der Waals surface area (Å²) in [6.45, 7) is 1.72. The summed E-state index contributed by atoms with van der Waals surface area (Å²) >= 11 is 22.5. The first-order valence-corrected chi connectivity index (χ1v) is 10.8. The van der Waals surface area contributed by atoms with E-state index < -0.39 is 0 Å². The number of hydrogen-bond acceptors (Lipinski definition) is 4. The number of carbonyl (C=O) groups is 2. The van der Waals surface area contributed by atoms with Gasteiger partial charge in [-0.05, 0) is 24.3 Å². The minimum Gasteiger partial charge on any atom is -0.341 e. The van der Waals surface area contributed by atoms with Crippen LogP contribution in [0, 0.1) is 0 Å². The summed E-state index contributed by atoms with van der Waals surface area (Å²) in [6.07, 6.45) is 4.24. The molecule has 2 heterocycles. The molecule has 7 nitrogen and oxygen atoms in total. The summed E-state index contributed by atoms with van der Waals surface area (Å²) in [7, 11) is 0. The van der Waals surface area contributed by atoms with Crippen molar-refractivity contribution in [2.24, 2.45) is 0 Å². The Hall–Kier alpha value is -2.39. The molecule has 0 spiro atoms. The van der Waals surface area contributed by atoms with Crippen LogP contribution < -0.4 is 5.32 Å². The zero-order chi connectivity index (χ0) is 22.3. The van der Waals surface area contributed by atoms with Crippen LogP contribution >= 0.6 is 50.7 Å². The Morgan fingerprint density at radius 1 is 1.19 bits per heavy atom. The monoisotopic (exact) mass is 539 g/mol. The normalized spacial score (nSPS) is 11.1. The van der Waals surface area contributed by atoms with Crippen molar-refractivity contribution >= 4 is 79.5 Å². The molecule has 2 aromatic carbocycles. The maximum Gasteiger partial charge on any atom is 0.221 e. The highest BCUT2D eigenvalue weighted by atomic mass is 79.9. The predicted molar refractivity (Wildman–Crippen MR) is 125 cm³/mol. The molecule has 1 N–H and O–H groups in total. The van der Waals surface area contributed by atoms with E-state index in [1.807, 2.05) is 22.8 Å². The molecule has 0 bridgehead atoms. The third-order valence-electron chi connectivity index (χ3n) is 4.55. The van der Waals surface area contributed by atoms with Crippen LogP contribution in [0.4, 0.5) is 5.69 Å². The molecule has 4 aromatic rings. The van der Waals surface area contributed by atoms with E-state index in [4.69, 9.17) is 34.8 Å². The van der Waals surface area contributed by atoms with E-state index in [0.29, 0.717) is 29.2 Å². The predicted octanol–water partition coefficient (Wildman–Crippen LogP) is 5.76. The molecule has 158 valence electrons. The van der Waals surface area contributed by atoms with Crippen LogP contribution in [0.5, 0.6) is 0 Å². The van der Waals surface area contributed by atoms with Gasteiger partial charge in [0, 0.05) is 34.1 Å². The molecule has 4 rings (SSSR count). The molecule has 0 saturated carbocycles. The Bertz CT molecular complexity index is 1350. The van der Waals surface area contributed by atoms with Gasteiger partial charge in [0.1, 0.15) is 11.4 Å². The van der Waals surface area contributed by atoms with Crippen molar-refractivity contribution in [3.05, 3.63) is 67.5 Å². The Morgan fingerprint density at radius 3 is 2.68 bits per heavy atom. The Kier molecular flexibility index (Phi) is 6.07. The second-order valence-corrected chi connectivity index (χ2v) is 8.79. The first kappa shape index (κ1) is 21.8. The molecular formula is C20H13BrCl3N5O2. The van der Waals surface area contributed by atoms with Gasteiger partial charge in [0.05, 0.1) is 33.5 Å². The van der Waals surface area contributed by atoms with Gasteiger partial charge >= 0.3 is 0 Å². The number of benzene rings is 2. The zero-order valence-electron chi connectivity index (χ0n) is 15.9. The third-order valence-corrected chi connectivity index (χ3v) is 6.20. The largest absolute Gasteiger partial charge is 0.341 e. The van der Waals surface area contributed by atoms with Crippen molar-refractivity contribution in [2.45, 2.75) is 13.5 Å². The van der Waals surface area contributed by atoms with Crippen LogP contribution in [0.2, 0.25) is 15.1 Å². The first-order chi connectivity index (χ1) is 14.8. The number of aldehydes is 1. The summed E-state index contributed by atoms with van der Waals surface area (Å²) in [5, 5.41) is 12.3. The van der Waals surface area contributed by atoms with Gasteiger partial charge in [-0.2, -0.15) is 0 Å². The number of halogens is 4. The van der Waals surface area contributed by atoms with E-state index >= 15 is 0 Å². The fourth-order valence-corrected chi connectivity index (χ4v) is 4.38. The van der Waals surface area contributed by atoms with Gasteiger partial charge in [0.15, 0.2) is 6.29 Å². The molecule has 0 atom stereocenters. The average Bonchev–Trinajstić information content (AvgIpc) is 3.30. The summed E-state index contributed by atoms with van der Waals surface area (Å²) in [5.41, 5.74) is 2.67. The van der Waals surface area contributed by atoms with Crippen molar-refractivity contribution in [3.8, 4) is 5.69 Å². The maximum absolute atomic E-state index is 11.5. The number of nitrogens with zero attached hydrogens (tertiary/aromatic N) is 4. The zero-order valence-corrected chi connectivity index (χ0v) is 19.7. The Balaban J connectivity index is 1.73. The second kappa shape index (κ2) is 8.63. The molecule has 0 aliphatic carbocycles. The third kappa shape index (κ3) is 4.21. The number of hydrogen-bond donors (Lipinski definition) is 1. The smallest absolute Gasteiger partial charge is 0.221 e. The first-order valence-electron chi connectivity index (χ1n) is 8.88. The maximum atomic E-state index is 11.5. The molecule has 11 heteroatoms. The van der Waals surface area contributed by atoms with Gasteiger partial charge in [-0.15, -0.1) is 5.10 Å². The van der Waals surface area contributed by atoms with Crippen LogP contribution in [0.25, 0.3) is 16.6 Å². The minimum absolute atomic E-state index is 0.178. The summed E-state index contributed by atoms with van der Waals surface area (Å²) in [4.78, 5) is 22.9. The highest BCUT2D eigenvalue weighted by molar-refractivity contribution is 9.10. The molecule has 0 saturated heterocycles. The SMILES string of the molecule is CC(=O)Nc1cc(Cl)c(Cl)c(-n2cc(Cn3cc(C=O)c4cc(Br)ccc43)nn2)c1Cl. The highest BCUT2D eigenvalue weighted by Gasteiger charge is 2.19. The van der Waals surface area contributed by atoms with E-state index in [0.717, 1.165) is 21.7 Å². The number of nitrogens with one attached hydrogen (secondary N) is 1. The molecule has 0 aliphatic rings. The van der Waals surface area contributed by atoms with E-state index in [2.05, 4.69) is 31.6 Å². The lowest BCUT2D eigenvalue weighted by atomic mass is 10.2. The van der Waals surface area contributed by atoms with Crippen LogP contribution in [0.1, 0.15) is 23.0 Å². The van der Waals surface area contributed by atoms with Gasteiger partial charge in [-0.3, -0.25) is 9.59 Å². The van der Waals surface area contributed by atoms with E-state index in [1.54, 1.807) is 12.4 Å². The van der Waals surface area contributed by atoms with Crippen LogP contribution in [-0.2, 0) is 11.3 Å². The van der Waals surface area contributed by atoms with Crippen molar-refractivity contribution in [1.29, 1.82) is 0 Å². The molecule has 0 aliphatic heterocycles. The van der Waals surface area contributed by atoms with Gasteiger partial charge in [-0.1, -0.05) is 55.9 Å². The number of carbonyl (C=O) groups excluding carboxylic acids is 2. The lowest BCUT2D eigenvalue weighted by molar-refractivity contribution is -0.114. The number of fused-ring (bicyclic) bond motifs is 1. The van der Waals surface area contributed by atoms with E-state index in [9.17, 15) is 9.59 Å². The average molecular weight is 542 g/mol. The minimum atomic E-state index is -0.303. The molecule has 0 unspecified atom stereocenters. The number of amides is 1. The van der Waals surface area contributed by atoms with Gasteiger partial charge < -0.3 is 9.88 Å².